The van der Waals surface area contributed by atoms with Gasteiger partial charge >= 0.3 is 0 Å². The fourth-order valence-electron chi connectivity index (χ4n) is 1.66. The average molecular weight is 354 g/mol. The van der Waals surface area contributed by atoms with Crippen LogP contribution in [-0.4, -0.2) is 17.3 Å². The van der Waals surface area contributed by atoms with Gasteiger partial charge in [-0.25, -0.2) is 4.39 Å². The Hall–Kier alpha value is -2.28. The van der Waals surface area contributed by atoms with E-state index in [1.165, 1.54) is 36.4 Å². The molecule has 0 aliphatic carbocycles. The number of ketones is 1. The molecule has 0 aliphatic rings. The highest BCUT2D eigenvalue weighted by atomic mass is 79.9. The van der Waals surface area contributed by atoms with Crippen LogP contribution < -0.4 is 4.74 Å². The second-order valence-electron chi connectivity index (χ2n) is 4.04. The van der Waals surface area contributed by atoms with E-state index in [1.807, 2.05) is 0 Å². The summed E-state index contributed by atoms with van der Waals surface area (Å²) in [6.45, 7) is -0.416. The van der Waals surface area contributed by atoms with Crippen molar-refractivity contribution in [1.29, 1.82) is 0 Å². The molecule has 0 fully saturated rings. The summed E-state index contributed by atoms with van der Waals surface area (Å²) in [6, 6.07) is 9.76. The first-order valence-corrected chi connectivity index (χ1v) is 6.63. The zero-order valence-corrected chi connectivity index (χ0v) is 12.2. The van der Waals surface area contributed by atoms with E-state index in [9.17, 15) is 19.3 Å². The minimum absolute atomic E-state index is 0.0842. The van der Waals surface area contributed by atoms with Crippen LogP contribution in [0.2, 0.25) is 0 Å². The van der Waals surface area contributed by atoms with Gasteiger partial charge in [-0.2, -0.15) is 0 Å². The fourth-order valence-corrected chi connectivity index (χ4v) is 2.18. The van der Waals surface area contributed by atoms with Gasteiger partial charge in [0.05, 0.1) is 10.5 Å². The molecule has 0 heterocycles. The molecule has 0 unspecified atom stereocenters. The maximum absolute atomic E-state index is 13.4. The van der Waals surface area contributed by atoms with Gasteiger partial charge in [-0.1, -0.05) is 18.2 Å². The average Bonchev–Trinajstić information content (AvgIpc) is 2.46. The smallest absolute Gasteiger partial charge is 0.287 e. The molecule has 0 saturated heterocycles. The van der Waals surface area contributed by atoms with E-state index >= 15 is 0 Å². The Labute approximate surface area is 127 Å². The molecule has 2 rings (SSSR count). The van der Waals surface area contributed by atoms with Crippen LogP contribution in [0, 0.1) is 15.9 Å². The van der Waals surface area contributed by atoms with Crippen molar-refractivity contribution in [2.75, 3.05) is 6.61 Å². The molecule has 0 saturated carbocycles. The Bertz CT molecular complexity index is 705. The highest BCUT2D eigenvalue weighted by molar-refractivity contribution is 9.10. The van der Waals surface area contributed by atoms with E-state index in [4.69, 9.17) is 4.74 Å². The van der Waals surface area contributed by atoms with Gasteiger partial charge in [0.1, 0.15) is 16.0 Å². The molecule has 7 heteroatoms. The standard InChI is InChI=1S/C14H9BrFNO4/c15-14-11(17(19)20)6-3-7-13(14)21-8-12(18)9-4-1-2-5-10(9)16/h1-7H,8H2. The molecule has 108 valence electrons. The second-order valence-corrected chi connectivity index (χ2v) is 4.83. The highest BCUT2D eigenvalue weighted by Gasteiger charge is 2.17. The number of nitro groups is 1. The van der Waals surface area contributed by atoms with Crippen molar-refractivity contribution >= 4 is 27.4 Å². The molecule has 0 N–H and O–H groups in total. The number of benzene rings is 2. The van der Waals surface area contributed by atoms with Crippen molar-refractivity contribution in [2.45, 2.75) is 0 Å². The van der Waals surface area contributed by atoms with Gasteiger partial charge in [-0.15, -0.1) is 0 Å². The number of hydrogen-bond acceptors (Lipinski definition) is 4. The predicted octanol–water partition coefficient (Wildman–Crippen LogP) is 3.76. The molecule has 0 spiro atoms. The molecular formula is C14H9BrFNO4. The highest BCUT2D eigenvalue weighted by Crippen LogP contribution is 2.33. The summed E-state index contributed by atoms with van der Waals surface area (Å²) < 4.78 is 18.8. The maximum Gasteiger partial charge on any atom is 0.287 e. The molecule has 2 aromatic rings. The predicted molar refractivity (Wildman–Crippen MR) is 77.0 cm³/mol. The lowest BCUT2D eigenvalue weighted by molar-refractivity contribution is -0.385. The molecule has 0 aromatic heterocycles. The zero-order chi connectivity index (χ0) is 15.4. The third kappa shape index (κ3) is 3.43. The van der Waals surface area contributed by atoms with Gasteiger partial charge in [-0.3, -0.25) is 14.9 Å². The van der Waals surface area contributed by atoms with Crippen molar-refractivity contribution in [2.24, 2.45) is 0 Å². The summed E-state index contributed by atoms with van der Waals surface area (Å²) in [5, 5.41) is 10.8. The van der Waals surface area contributed by atoms with E-state index in [0.717, 1.165) is 0 Å². The Morgan fingerprint density at radius 2 is 1.95 bits per heavy atom. The minimum Gasteiger partial charge on any atom is -0.484 e. The van der Waals surface area contributed by atoms with Crippen LogP contribution in [0.15, 0.2) is 46.9 Å². The van der Waals surface area contributed by atoms with E-state index in [2.05, 4.69) is 15.9 Å². The number of ether oxygens (including phenoxy) is 1. The largest absolute Gasteiger partial charge is 0.484 e. The number of halogens is 2. The summed E-state index contributed by atoms with van der Waals surface area (Å²) in [6.07, 6.45) is 0. The number of nitrogens with zero attached hydrogens (tertiary/aromatic N) is 1. The molecule has 0 bridgehead atoms. The minimum atomic E-state index is -0.635. The Morgan fingerprint density at radius 1 is 1.24 bits per heavy atom. The van der Waals surface area contributed by atoms with Crippen molar-refractivity contribution < 1.29 is 18.8 Å². The van der Waals surface area contributed by atoms with Gasteiger partial charge in [0.15, 0.2) is 6.61 Å². The van der Waals surface area contributed by atoms with Gasteiger partial charge < -0.3 is 4.74 Å². The van der Waals surface area contributed by atoms with Gasteiger partial charge in [0.25, 0.3) is 5.69 Å². The Kier molecular flexibility index (Phi) is 4.64. The molecule has 0 amide bonds. The van der Waals surface area contributed by atoms with Crippen LogP contribution in [0.4, 0.5) is 10.1 Å². The third-order valence-corrected chi connectivity index (χ3v) is 3.47. The van der Waals surface area contributed by atoms with Gasteiger partial charge in [-0.05, 0) is 34.1 Å². The molecule has 0 aliphatic heterocycles. The van der Waals surface area contributed by atoms with Crippen LogP contribution in [0.1, 0.15) is 10.4 Å². The summed E-state index contributed by atoms with van der Waals surface area (Å²) >= 11 is 3.05. The van der Waals surface area contributed by atoms with Crippen molar-refractivity contribution in [3.63, 3.8) is 0 Å². The summed E-state index contributed by atoms with van der Waals surface area (Å²) in [5.74, 6) is -1.04. The topological polar surface area (TPSA) is 69.4 Å². The van der Waals surface area contributed by atoms with Gasteiger partial charge in [0.2, 0.25) is 5.78 Å². The lowest BCUT2D eigenvalue weighted by atomic mass is 10.1. The van der Waals surface area contributed by atoms with Crippen LogP contribution >= 0.6 is 15.9 Å². The van der Waals surface area contributed by atoms with Crippen LogP contribution in [-0.2, 0) is 0 Å². The van der Waals surface area contributed by atoms with E-state index in [0.29, 0.717) is 0 Å². The summed E-state index contributed by atoms with van der Waals surface area (Å²) in [5.41, 5.74) is -0.259. The lowest BCUT2D eigenvalue weighted by Gasteiger charge is -2.08. The number of Topliss-reactive ketones (excluding diaryl/α,β-unsaturated/α-hetero) is 1. The molecule has 0 atom stereocenters. The van der Waals surface area contributed by atoms with Gasteiger partial charge in [0, 0.05) is 6.07 Å². The summed E-state index contributed by atoms with van der Waals surface area (Å²) in [7, 11) is 0. The van der Waals surface area contributed by atoms with Crippen molar-refractivity contribution in [1.82, 2.24) is 0 Å². The number of hydrogen-bond donors (Lipinski definition) is 0. The fraction of sp³-hybridized carbons (Fsp3) is 0.0714. The molecule has 21 heavy (non-hydrogen) atoms. The lowest BCUT2D eigenvalue weighted by Crippen LogP contribution is -2.13. The third-order valence-electron chi connectivity index (χ3n) is 2.67. The first kappa shape index (κ1) is 15.1. The number of rotatable bonds is 5. The number of carbonyl (C=O) groups is 1. The molecule has 5 nitrogen and oxygen atoms in total. The van der Waals surface area contributed by atoms with E-state index in [1.54, 1.807) is 6.07 Å². The normalized spacial score (nSPS) is 10.2. The number of carbonyl (C=O) groups excluding carboxylic acids is 1. The Morgan fingerprint density at radius 3 is 2.62 bits per heavy atom. The second kappa shape index (κ2) is 6.45. The first-order chi connectivity index (χ1) is 10.0. The van der Waals surface area contributed by atoms with Crippen LogP contribution in [0.3, 0.4) is 0 Å². The SMILES string of the molecule is O=C(COc1cccc([N+](=O)[O-])c1Br)c1ccccc1F. The Balaban J connectivity index is 2.14. The monoisotopic (exact) mass is 353 g/mol. The molecule has 2 aromatic carbocycles. The summed E-state index contributed by atoms with van der Waals surface area (Å²) in [4.78, 5) is 22.1. The first-order valence-electron chi connectivity index (χ1n) is 5.84. The quantitative estimate of drug-likeness (QED) is 0.466. The maximum atomic E-state index is 13.4. The number of nitro benzene ring substituents is 1. The van der Waals surface area contributed by atoms with Crippen molar-refractivity contribution in [3.8, 4) is 5.75 Å². The van der Waals surface area contributed by atoms with Crippen LogP contribution in [0.25, 0.3) is 0 Å². The van der Waals surface area contributed by atoms with Crippen LogP contribution in [0.5, 0.6) is 5.75 Å². The van der Waals surface area contributed by atoms with E-state index < -0.39 is 23.1 Å². The molecule has 0 radical (unpaired) electrons. The zero-order valence-electron chi connectivity index (χ0n) is 10.6. The van der Waals surface area contributed by atoms with Crippen molar-refractivity contribution in [3.05, 3.63) is 68.4 Å². The molecular weight excluding hydrogens is 345 g/mol. The van der Waals surface area contributed by atoms with E-state index in [-0.39, 0.29) is 21.5 Å².